The fourth-order valence-corrected chi connectivity index (χ4v) is 2.44. The SMILES string of the molecule is O=C(O)C[C@H](c1ccccc1)[C@@H]1CCCN1. The van der Waals surface area contributed by atoms with E-state index in [-0.39, 0.29) is 12.3 Å². The molecule has 1 saturated heterocycles. The lowest BCUT2D eigenvalue weighted by Crippen LogP contribution is -2.30. The highest BCUT2D eigenvalue weighted by atomic mass is 16.4. The standard InChI is InChI=1S/C13H17NO2/c15-13(16)9-11(12-7-4-8-14-12)10-5-2-1-3-6-10/h1-3,5-6,11-12,14H,4,7-9H2,(H,15,16)/t11-,12+/m1/s1. The van der Waals surface area contributed by atoms with Crippen molar-refractivity contribution in [3.63, 3.8) is 0 Å². The van der Waals surface area contributed by atoms with Gasteiger partial charge in [-0.15, -0.1) is 0 Å². The molecule has 1 heterocycles. The lowest BCUT2D eigenvalue weighted by Gasteiger charge is -2.22. The van der Waals surface area contributed by atoms with Crippen LogP contribution in [0.15, 0.2) is 30.3 Å². The normalized spacial score (nSPS) is 21.9. The molecule has 3 heteroatoms. The quantitative estimate of drug-likeness (QED) is 0.814. The summed E-state index contributed by atoms with van der Waals surface area (Å²) in [7, 11) is 0. The monoisotopic (exact) mass is 219 g/mol. The molecule has 0 saturated carbocycles. The topological polar surface area (TPSA) is 49.3 Å². The summed E-state index contributed by atoms with van der Waals surface area (Å²) in [6.07, 6.45) is 2.43. The minimum Gasteiger partial charge on any atom is -0.481 e. The Morgan fingerprint density at radius 2 is 2.19 bits per heavy atom. The minimum absolute atomic E-state index is 0.0983. The van der Waals surface area contributed by atoms with Crippen LogP contribution in [0, 0.1) is 0 Å². The molecule has 3 nitrogen and oxygen atoms in total. The van der Waals surface area contributed by atoms with Crippen molar-refractivity contribution in [3.05, 3.63) is 35.9 Å². The second-order valence-electron chi connectivity index (χ2n) is 4.32. The van der Waals surface area contributed by atoms with E-state index in [1.54, 1.807) is 0 Å². The molecule has 2 rings (SSSR count). The lowest BCUT2D eigenvalue weighted by molar-refractivity contribution is -0.137. The van der Waals surface area contributed by atoms with Crippen LogP contribution in [0.4, 0.5) is 0 Å². The number of hydrogen-bond acceptors (Lipinski definition) is 2. The molecule has 86 valence electrons. The number of nitrogens with one attached hydrogen (secondary N) is 1. The number of carbonyl (C=O) groups is 1. The number of benzene rings is 1. The van der Waals surface area contributed by atoms with Gasteiger partial charge in [0.05, 0.1) is 6.42 Å². The van der Waals surface area contributed by atoms with Gasteiger partial charge in [-0.1, -0.05) is 30.3 Å². The molecule has 0 bridgehead atoms. The van der Waals surface area contributed by atoms with E-state index >= 15 is 0 Å². The van der Waals surface area contributed by atoms with Crippen LogP contribution in [0.1, 0.15) is 30.7 Å². The molecular formula is C13H17NO2. The van der Waals surface area contributed by atoms with E-state index in [2.05, 4.69) is 5.32 Å². The Bertz CT molecular complexity index is 344. The Kier molecular flexibility index (Phi) is 3.57. The summed E-state index contributed by atoms with van der Waals surface area (Å²) in [5.74, 6) is -0.622. The predicted octanol–water partition coefficient (Wildman–Crippen LogP) is 2.00. The molecule has 1 aliphatic rings. The van der Waals surface area contributed by atoms with Gasteiger partial charge in [0, 0.05) is 12.0 Å². The second-order valence-corrected chi connectivity index (χ2v) is 4.32. The molecule has 0 radical (unpaired) electrons. The Balaban J connectivity index is 2.16. The van der Waals surface area contributed by atoms with Crippen molar-refractivity contribution < 1.29 is 9.90 Å². The summed E-state index contributed by atoms with van der Waals surface area (Å²) < 4.78 is 0. The summed E-state index contributed by atoms with van der Waals surface area (Å²) in [6.45, 7) is 1.01. The Morgan fingerprint density at radius 1 is 1.44 bits per heavy atom. The molecule has 2 atom stereocenters. The van der Waals surface area contributed by atoms with Crippen molar-refractivity contribution in [1.29, 1.82) is 0 Å². The van der Waals surface area contributed by atoms with Crippen LogP contribution in [-0.4, -0.2) is 23.7 Å². The van der Waals surface area contributed by atoms with Gasteiger partial charge in [0.2, 0.25) is 0 Å². The highest BCUT2D eigenvalue weighted by molar-refractivity contribution is 5.68. The number of hydrogen-bond donors (Lipinski definition) is 2. The van der Waals surface area contributed by atoms with E-state index < -0.39 is 5.97 Å². The number of rotatable bonds is 4. The molecule has 0 spiro atoms. The van der Waals surface area contributed by atoms with Crippen molar-refractivity contribution in [3.8, 4) is 0 Å². The second kappa shape index (κ2) is 5.12. The average Bonchev–Trinajstić information content (AvgIpc) is 2.80. The van der Waals surface area contributed by atoms with E-state index in [1.807, 2.05) is 30.3 Å². The largest absolute Gasteiger partial charge is 0.481 e. The van der Waals surface area contributed by atoms with Gasteiger partial charge in [-0.2, -0.15) is 0 Å². The van der Waals surface area contributed by atoms with Crippen molar-refractivity contribution in [1.82, 2.24) is 5.32 Å². The predicted molar refractivity (Wildman–Crippen MR) is 62.5 cm³/mol. The van der Waals surface area contributed by atoms with Crippen LogP contribution in [0.5, 0.6) is 0 Å². The molecule has 0 amide bonds. The van der Waals surface area contributed by atoms with Crippen LogP contribution >= 0.6 is 0 Å². The smallest absolute Gasteiger partial charge is 0.304 e. The van der Waals surface area contributed by atoms with Crippen molar-refractivity contribution in [2.75, 3.05) is 6.54 Å². The van der Waals surface area contributed by atoms with E-state index in [9.17, 15) is 4.79 Å². The Labute approximate surface area is 95.5 Å². The summed E-state index contributed by atoms with van der Waals surface area (Å²) in [6, 6.07) is 10.3. The summed E-state index contributed by atoms with van der Waals surface area (Å²) >= 11 is 0. The average molecular weight is 219 g/mol. The van der Waals surface area contributed by atoms with Crippen molar-refractivity contribution in [2.45, 2.75) is 31.2 Å². The first-order valence-electron chi connectivity index (χ1n) is 5.77. The number of aliphatic carboxylic acids is 1. The highest BCUT2D eigenvalue weighted by Gasteiger charge is 2.27. The van der Waals surface area contributed by atoms with E-state index in [0.29, 0.717) is 6.04 Å². The minimum atomic E-state index is -0.720. The molecular weight excluding hydrogens is 202 g/mol. The van der Waals surface area contributed by atoms with Crippen molar-refractivity contribution >= 4 is 5.97 Å². The van der Waals surface area contributed by atoms with Crippen LogP contribution < -0.4 is 5.32 Å². The Morgan fingerprint density at radius 3 is 2.75 bits per heavy atom. The van der Waals surface area contributed by atoms with E-state index in [0.717, 1.165) is 24.9 Å². The first kappa shape index (κ1) is 11.1. The first-order valence-corrected chi connectivity index (χ1v) is 5.77. The molecule has 0 unspecified atom stereocenters. The zero-order chi connectivity index (χ0) is 11.4. The molecule has 1 fully saturated rings. The molecule has 16 heavy (non-hydrogen) atoms. The fourth-order valence-electron chi connectivity index (χ4n) is 2.44. The van der Waals surface area contributed by atoms with Crippen LogP contribution in [0.2, 0.25) is 0 Å². The molecule has 2 N–H and O–H groups in total. The van der Waals surface area contributed by atoms with Crippen LogP contribution in [-0.2, 0) is 4.79 Å². The molecule has 0 aliphatic carbocycles. The molecule has 1 aliphatic heterocycles. The van der Waals surface area contributed by atoms with Gasteiger partial charge in [0.1, 0.15) is 0 Å². The zero-order valence-corrected chi connectivity index (χ0v) is 9.23. The van der Waals surface area contributed by atoms with Crippen LogP contribution in [0.25, 0.3) is 0 Å². The van der Waals surface area contributed by atoms with Gasteiger partial charge in [0.25, 0.3) is 0 Å². The molecule has 1 aromatic carbocycles. The van der Waals surface area contributed by atoms with E-state index in [1.165, 1.54) is 0 Å². The highest BCUT2D eigenvalue weighted by Crippen LogP contribution is 2.28. The third-order valence-corrected chi connectivity index (χ3v) is 3.21. The van der Waals surface area contributed by atoms with E-state index in [4.69, 9.17) is 5.11 Å². The summed E-state index contributed by atoms with van der Waals surface area (Å²) in [4.78, 5) is 10.9. The van der Waals surface area contributed by atoms with Gasteiger partial charge in [-0.05, 0) is 24.9 Å². The third-order valence-electron chi connectivity index (χ3n) is 3.21. The maximum absolute atomic E-state index is 10.9. The number of carboxylic acids is 1. The van der Waals surface area contributed by atoms with Gasteiger partial charge in [0.15, 0.2) is 0 Å². The fraction of sp³-hybridized carbons (Fsp3) is 0.462. The maximum Gasteiger partial charge on any atom is 0.304 e. The van der Waals surface area contributed by atoms with Gasteiger partial charge in [-0.3, -0.25) is 4.79 Å². The van der Waals surface area contributed by atoms with Gasteiger partial charge >= 0.3 is 5.97 Å². The van der Waals surface area contributed by atoms with Crippen molar-refractivity contribution in [2.24, 2.45) is 0 Å². The summed E-state index contributed by atoms with van der Waals surface area (Å²) in [5.41, 5.74) is 1.13. The van der Waals surface area contributed by atoms with Gasteiger partial charge in [-0.25, -0.2) is 0 Å². The number of carboxylic acid groups (broad SMARTS) is 1. The van der Waals surface area contributed by atoms with Crippen LogP contribution in [0.3, 0.4) is 0 Å². The summed E-state index contributed by atoms with van der Waals surface area (Å²) in [5, 5.41) is 12.4. The first-order chi connectivity index (χ1) is 7.77. The third kappa shape index (κ3) is 2.61. The lowest BCUT2D eigenvalue weighted by atomic mass is 9.88. The Hall–Kier alpha value is -1.35. The zero-order valence-electron chi connectivity index (χ0n) is 9.23. The van der Waals surface area contributed by atoms with Gasteiger partial charge < -0.3 is 10.4 Å². The maximum atomic E-state index is 10.9. The molecule has 1 aromatic rings. The molecule has 0 aromatic heterocycles.